The molecule has 0 bridgehead atoms. The average Bonchev–Trinajstić information content (AvgIpc) is 3.18. The molecule has 4 rings (SSSR count). The minimum atomic E-state index is -0.371. The van der Waals surface area contributed by atoms with E-state index in [1.54, 1.807) is 30.2 Å². The van der Waals surface area contributed by atoms with E-state index in [2.05, 4.69) is 16.8 Å². The van der Waals surface area contributed by atoms with Gasteiger partial charge >= 0.3 is 0 Å². The molecule has 0 spiro atoms. The summed E-state index contributed by atoms with van der Waals surface area (Å²) >= 11 is 9.66. The quantitative estimate of drug-likeness (QED) is 0.564. The standard InChI is InChI=1S/C23H23ClN2O3S2/c1-13(11-29-3)25-23(28)22-18-10-20(15-6-7-30-12-15)31-21-9-16(24)4-5-17(21)26(18)14(2)8-19(22)27/h4-9,12-13,20H,10-11H2,1-3H3,(H,25,28)/t13-,20+/m1/s1. The molecule has 2 aromatic heterocycles. The predicted octanol–water partition coefficient (Wildman–Crippen LogP) is 5.02. The van der Waals surface area contributed by atoms with Crippen molar-refractivity contribution in [3.63, 3.8) is 0 Å². The molecule has 0 fully saturated rings. The number of nitrogens with one attached hydrogen (secondary N) is 1. The van der Waals surface area contributed by atoms with Gasteiger partial charge in [0, 0.05) is 52.2 Å². The third-order valence-electron chi connectivity index (χ3n) is 5.24. The molecule has 1 N–H and O–H groups in total. The van der Waals surface area contributed by atoms with Crippen LogP contribution in [-0.4, -0.2) is 30.2 Å². The molecule has 2 atom stereocenters. The Balaban J connectivity index is 1.92. The number of methoxy groups -OCH3 is 1. The first-order valence-corrected chi connectivity index (χ1v) is 12.1. The molecule has 31 heavy (non-hydrogen) atoms. The summed E-state index contributed by atoms with van der Waals surface area (Å²) in [7, 11) is 1.58. The van der Waals surface area contributed by atoms with Crippen molar-refractivity contribution < 1.29 is 9.53 Å². The second-order valence-corrected chi connectivity index (χ2v) is 10.1. The monoisotopic (exact) mass is 474 g/mol. The second kappa shape index (κ2) is 9.20. The summed E-state index contributed by atoms with van der Waals surface area (Å²) in [5.41, 5.74) is 3.53. The number of carbonyl (C=O) groups excluding carboxylic acids is 1. The molecule has 3 heterocycles. The fourth-order valence-corrected chi connectivity index (χ4v) is 6.28. The van der Waals surface area contributed by atoms with E-state index in [4.69, 9.17) is 16.3 Å². The first-order valence-electron chi connectivity index (χ1n) is 9.93. The Kier molecular flexibility index (Phi) is 6.57. The number of pyridine rings is 1. The SMILES string of the molecule is COC[C@@H](C)NC(=O)c1c2n(c(C)cc1=O)-c1ccc(Cl)cc1S[C@H](c1ccsc1)C2. The summed E-state index contributed by atoms with van der Waals surface area (Å²) in [4.78, 5) is 27.3. The Bertz CT molecular complexity index is 1170. The number of aromatic nitrogens is 1. The Morgan fingerprint density at radius 1 is 1.35 bits per heavy atom. The zero-order valence-corrected chi connectivity index (χ0v) is 19.9. The number of hydrogen-bond donors (Lipinski definition) is 1. The number of aryl methyl sites for hydroxylation is 1. The van der Waals surface area contributed by atoms with Gasteiger partial charge in [0.25, 0.3) is 5.91 Å². The van der Waals surface area contributed by atoms with Gasteiger partial charge in [-0.05, 0) is 54.4 Å². The lowest BCUT2D eigenvalue weighted by Crippen LogP contribution is -2.39. The van der Waals surface area contributed by atoms with Gasteiger partial charge in [-0.25, -0.2) is 0 Å². The fraction of sp³-hybridized carbons (Fsp3) is 0.304. The summed E-state index contributed by atoms with van der Waals surface area (Å²) in [5, 5.41) is 7.78. The van der Waals surface area contributed by atoms with Gasteiger partial charge in [-0.3, -0.25) is 9.59 Å². The van der Waals surface area contributed by atoms with Crippen LogP contribution in [0.25, 0.3) is 5.69 Å². The van der Waals surface area contributed by atoms with Gasteiger partial charge in [-0.1, -0.05) is 11.6 Å². The number of thiophene rings is 1. The number of benzene rings is 1. The van der Waals surface area contributed by atoms with Crippen molar-refractivity contribution >= 4 is 40.6 Å². The zero-order chi connectivity index (χ0) is 22.1. The van der Waals surface area contributed by atoms with Crippen LogP contribution in [0.4, 0.5) is 0 Å². The summed E-state index contributed by atoms with van der Waals surface area (Å²) in [6, 6.07) is 9.17. The molecule has 1 aliphatic heterocycles. The van der Waals surface area contributed by atoms with E-state index in [0.29, 0.717) is 18.1 Å². The van der Waals surface area contributed by atoms with Crippen LogP contribution in [0.3, 0.4) is 0 Å². The molecule has 5 nitrogen and oxygen atoms in total. The Morgan fingerprint density at radius 2 is 2.16 bits per heavy atom. The van der Waals surface area contributed by atoms with Crippen LogP contribution < -0.4 is 10.7 Å². The van der Waals surface area contributed by atoms with Gasteiger partial charge in [0.05, 0.1) is 12.3 Å². The number of thioether (sulfide) groups is 1. The molecule has 0 aliphatic carbocycles. The number of carbonyl (C=O) groups is 1. The van der Waals surface area contributed by atoms with E-state index in [9.17, 15) is 9.59 Å². The number of amides is 1. The number of hydrogen-bond acceptors (Lipinski definition) is 5. The highest BCUT2D eigenvalue weighted by Crippen LogP contribution is 2.45. The summed E-state index contributed by atoms with van der Waals surface area (Å²) in [5.74, 6) is -0.371. The largest absolute Gasteiger partial charge is 0.383 e. The van der Waals surface area contributed by atoms with Crippen LogP contribution in [0, 0.1) is 6.92 Å². The minimum absolute atomic E-state index is 0.0568. The van der Waals surface area contributed by atoms with Crippen molar-refractivity contribution in [2.45, 2.75) is 36.5 Å². The maximum absolute atomic E-state index is 13.2. The lowest BCUT2D eigenvalue weighted by molar-refractivity contribution is 0.0902. The molecule has 162 valence electrons. The second-order valence-electron chi connectivity index (χ2n) is 7.62. The first kappa shape index (κ1) is 22.1. The molecule has 1 aromatic carbocycles. The highest BCUT2D eigenvalue weighted by atomic mass is 35.5. The average molecular weight is 475 g/mol. The van der Waals surface area contributed by atoms with Crippen LogP contribution in [-0.2, 0) is 11.2 Å². The van der Waals surface area contributed by atoms with Crippen molar-refractivity contribution in [3.05, 3.63) is 78.9 Å². The third kappa shape index (κ3) is 4.46. The fourth-order valence-electron chi connectivity index (χ4n) is 3.93. The van der Waals surface area contributed by atoms with Crippen molar-refractivity contribution in [1.82, 2.24) is 9.88 Å². The molecular weight excluding hydrogens is 452 g/mol. The van der Waals surface area contributed by atoms with Crippen molar-refractivity contribution in [2.75, 3.05) is 13.7 Å². The molecule has 0 saturated heterocycles. The highest BCUT2D eigenvalue weighted by molar-refractivity contribution is 7.99. The number of halogens is 1. The summed E-state index contributed by atoms with van der Waals surface area (Å²) in [6.45, 7) is 4.12. The van der Waals surface area contributed by atoms with E-state index in [1.165, 1.54) is 11.6 Å². The van der Waals surface area contributed by atoms with Crippen LogP contribution in [0.1, 0.15) is 39.5 Å². The maximum Gasteiger partial charge on any atom is 0.257 e. The van der Waals surface area contributed by atoms with Gasteiger partial charge < -0.3 is 14.6 Å². The van der Waals surface area contributed by atoms with Crippen molar-refractivity contribution in [3.8, 4) is 5.69 Å². The van der Waals surface area contributed by atoms with E-state index in [-0.39, 0.29) is 28.2 Å². The molecular formula is C23H23ClN2O3S2. The molecule has 8 heteroatoms. The number of nitrogens with zero attached hydrogens (tertiary/aromatic N) is 1. The Labute approximate surface area is 194 Å². The van der Waals surface area contributed by atoms with E-state index in [0.717, 1.165) is 22.0 Å². The van der Waals surface area contributed by atoms with Crippen LogP contribution in [0.15, 0.2) is 50.8 Å². The molecule has 0 unspecified atom stereocenters. The van der Waals surface area contributed by atoms with E-state index >= 15 is 0 Å². The molecule has 1 aliphatic rings. The Morgan fingerprint density at radius 3 is 2.87 bits per heavy atom. The first-order chi connectivity index (χ1) is 14.9. The van der Waals surface area contributed by atoms with Gasteiger partial charge in [-0.15, -0.1) is 11.8 Å². The third-order valence-corrected chi connectivity index (χ3v) is 7.49. The molecule has 0 saturated carbocycles. The molecule has 0 radical (unpaired) electrons. The number of fused-ring (bicyclic) bond motifs is 3. The van der Waals surface area contributed by atoms with Gasteiger partial charge in [0.1, 0.15) is 5.56 Å². The van der Waals surface area contributed by atoms with Crippen LogP contribution in [0.5, 0.6) is 0 Å². The van der Waals surface area contributed by atoms with Crippen LogP contribution >= 0.6 is 34.7 Å². The lowest BCUT2D eigenvalue weighted by atomic mass is 10.0. The summed E-state index contributed by atoms with van der Waals surface area (Å²) < 4.78 is 7.16. The number of ether oxygens (including phenoxy) is 1. The summed E-state index contributed by atoms with van der Waals surface area (Å²) in [6.07, 6.45) is 0.548. The van der Waals surface area contributed by atoms with E-state index in [1.807, 2.05) is 42.0 Å². The maximum atomic E-state index is 13.2. The van der Waals surface area contributed by atoms with Gasteiger partial charge in [-0.2, -0.15) is 11.3 Å². The highest BCUT2D eigenvalue weighted by Gasteiger charge is 2.29. The van der Waals surface area contributed by atoms with Crippen molar-refractivity contribution in [1.29, 1.82) is 0 Å². The topological polar surface area (TPSA) is 60.3 Å². The van der Waals surface area contributed by atoms with E-state index < -0.39 is 0 Å². The lowest BCUT2D eigenvalue weighted by Gasteiger charge is -2.21. The minimum Gasteiger partial charge on any atom is -0.383 e. The predicted molar refractivity (Wildman–Crippen MR) is 127 cm³/mol. The van der Waals surface area contributed by atoms with Crippen LogP contribution in [0.2, 0.25) is 5.02 Å². The number of rotatable bonds is 5. The van der Waals surface area contributed by atoms with Gasteiger partial charge in [0.15, 0.2) is 5.43 Å². The normalized spacial score (nSPS) is 16.2. The zero-order valence-electron chi connectivity index (χ0n) is 17.5. The smallest absolute Gasteiger partial charge is 0.257 e. The van der Waals surface area contributed by atoms with Gasteiger partial charge in [0.2, 0.25) is 0 Å². The molecule has 3 aromatic rings. The van der Waals surface area contributed by atoms with Crippen molar-refractivity contribution in [2.24, 2.45) is 0 Å². The molecule has 1 amide bonds. The Hall–Kier alpha value is -2.06.